The molecule has 0 bridgehead atoms. The highest BCUT2D eigenvalue weighted by Gasteiger charge is 2.32. The number of amides is 2. The maximum Gasteiger partial charge on any atom is 0.270 e. The molecule has 216 valence electrons. The van der Waals surface area contributed by atoms with E-state index >= 15 is 0 Å². The van der Waals surface area contributed by atoms with E-state index in [2.05, 4.69) is 27.3 Å². The number of halogens is 2. The molecule has 1 unspecified atom stereocenters. The van der Waals surface area contributed by atoms with Gasteiger partial charge in [-0.15, -0.1) is 0 Å². The summed E-state index contributed by atoms with van der Waals surface area (Å²) in [5, 5.41) is 12.6. The number of carbonyl (C=O) groups is 2. The lowest BCUT2D eigenvalue weighted by Gasteiger charge is -2.20. The van der Waals surface area contributed by atoms with Crippen LogP contribution in [0, 0.1) is 0 Å². The molecule has 1 aliphatic heterocycles. The lowest BCUT2D eigenvalue weighted by atomic mass is 10.00. The van der Waals surface area contributed by atoms with Gasteiger partial charge in [0.05, 0.1) is 11.0 Å². The van der Waals surface area contributed by atoms with Crippen molar-refractivity contribution in [3.63, 3.8) is 0 Å². The van der Waals surface area contributed by atoms with Gasteiger partial charge in [-0.2, -0.15) is 0 Å². The number of benzene rings is 2. The summed E-state index contributed by atoms with van der Waals surface area (Å²) in [5.74, 6) is -2.66. The molecule has 3 aromatic rings. The Kier molecular flexibility index (Phi) is 8.21. The van der Waals surface area contributed by atoms with Crippen LogP contribution in [0.5, 0.6) is 0 Å². The Labute approximate surface area is 238 Å². The van der Waals surface area contributed by atoms with Gasteiger partial charge < -0.3 is 25.8 Å². The molecular weight excluding hydrogens is 526 g/mol. The number of aromatic nitrogens is 2. The molecule has 2 aliphatic rings. The van der Waals surface area contributed by atoms with Crippen molar-refractivity contribution in [3.8, 4) is 0 Å². The van der Waals surface area contributed by atoms with Crippen LogP contribution >= 0.6 is 0 Å². The van der Waals surface area contributed by atoms with Crippen molar-refractivity contribution in [1.82, 2.24) is 30.8 Å². The SMILES string of the molecule is CCC1C(=O)NC2=C(C=C(NCCCNC)CC2)c2nc3cc(C(=O)NCc4cccc(C(C)(F)F)c4)ccc3n21. The van der Waals surface area contributed by atoms with Crippen LogP contribution in [0.15, 0.2) is 59.9 Å². The number of fused-ring (bicyclic) bond motifs is 4. The van der Waals surface area contributed by atoms with Gasteiger partial charge in [-0.05, 0) is 75.2 Å². The standard InChI is InChI=1S/C31H36F2N6O2/c1-4-26-30(41)38-24-11-10-22(35-14-6-13-34-3)17-23(24)28-37-25-16-20(9-12-27(25)39(26)28)29(40)36-18-19-7-5-8-21(15-19)31(2,32)33/h5,7-9,12,15-17,26,34-35H,4,6,10-11,13-14,18H2,1-3H3,(H,36,40)(H,38,41). The number of allylic oxidation sites excluding steroid dienone is 4. The third-order valence-electron chi connectivity index (χ3n) is 7.60. The van der Waals surface area contributed by atoms with Gasteiger partial charge in [-0.3, -0.25) is 9.59 Å². The second-order valence-electron chi connectivity index (χ2n) is 10.6. The summed E-state index contributed by atoms with van der Waals surface area (Å²) in [6.07, 6.45) is 5.16. The van der Waals surface area contributed by atoms with Crippen LogP contribution in [-0.4, -0.2) is 41.5 Å². The summed E-state index contributed by atoms with van der Waals surface area (Å²) in [4.78, 5) is 31.2. The Morgan fingerprint density at radius 3 is 2.76 bits per heavy atom. The minimum atomic E-state index is -2.95. The number of nitrogens with zero attached hydrogens (tertiary/aromatic N) is 2. The van der Waals surface area contributed by atoms with Crippen LogP contribution in [-0.2, 0) is 17.3 Å². The van der Waals surface area contributed by atoms with Crippen molar-refractivity contribution < 1.29 is 18.4 Å². The zero-order valence-electron chi connectivity index (χ0n) is 23.6. The van der Waals surface area contributed by atoms with Crippen molar-refractivity contribution in [2.24, 2.45) is 0 Å². The van der Waals surface area contributed by atoms with Gasteiger partial charge in [0.25, 0.3) is 11.8 Å². The summed E-state index contributed by atoms with van der Waals surface area (Å²) in [6.45, 7) is 4.71. The number of rotatable bonds is 10. The van der Waals surface area contributed by atoms with Crippen LogP contribution in [0.1, 0.15) is 72.9 Å². The maximum absolute atomic E-state index is 13.7. The first-order valence-electron chi connectivity index (χ1n) is 14.1. The van der Waals surface area contributed by atoms with E-state index in [1.165, 1.54) is 12.1 Å². The average molecular weight is 563 g/mol. The van der Waals surface area contributed by atoms with Crippen molar-refractivity contribution in [3.05, 3.63) is 82.4 Å². The second-order valence-corrected chi connectivity index (χ2v) is 10.6. The van der Waals surface area contributed by atoms with E-state index in [1.807, 2.05) is 24.6 Å². The van der Waals surface area contributed by atoms with Gasteiger partial charge in [0.15, 0.2) is 0 Å². The number of hydrogen-bond donors (Lipinski definition) is 4. The lowest BCUT2D eigenvalue weighted by Crippen LogP contribution is -2.30. The van der Waals surface area contributed by atoms with Gasteiger partial charge in [0, 0.05) is 48.1 Å². The molecule has 0 spiro atoms. The average Bonchev–Trinajstić information content (AvgIpc) is 3.28. The van der Waals surface area contributed by atoms with E-state index in [9.17, 15) is 18.4 Å². The second kappa shape index (κ2) is 11.8. The quantitative estimate of drug-likeness (QED) is 0.268. The molecule has 2 amide bonds. The van der Waals surface area contributed by atoms with E-state index in [0.717, 1.165) is 55.3 Å². The minimum Gasteiger partial charge on any atom is -0.388 e. The predicted octanol–water partition coefficient (Wildman–Crippen LogP) is 4.75. The number of alkyl halides is 2. The molecule has 0 fully saturated rings. The van der Waals surface area contributed by atoms with Crippen LogP contribution in [0.4, 0.5) is 8.78 Å². The summed E-state index contributed by atoms with van der Waals surface area (Å²) >= 11 is 0. The molecule has 0 saturated carbocycles. The Balaban J connectivity index is 1.43. The van der Waals surface area contributed by atoms with E-state index in [4.69, 9.17) is 4.98 Å². The Morgan fingerprint density at radius 1 is 1.17 bits per heavy atom. The summed E-state index contributed by atoms with van der Waals surface area (Å²) < 4.78 is 29.4. The highest BCUT2D eigenvalue weighted by atomic mass is 19.3. The molecule has 41 heavy (non-hydrogen) atoms. The van der Waals surface area contributed by atoms with Crippen molar-refractivity contribution >= 4 is 28.4 Å². The van der Waals surface area contributed by atoms with E-state index in [-0.39, 0.29) is 23.9 Å². The molecule has 5 rings (SSSR count). The Hall–Kier alpha value is -4.05. The molecule has 2 heterocycles. The molecule has 10 heteroatoms. The molecule has 1 aromatic heterocycles. The Morgan fingerprint density at radius 2 is 2.00 bits per heavy atom. The smallest absolute Gasteiger partial charge is 0.270 e. The predicted molar refractivity (Wildman–Crippen MR) is 155 cm³/mol. The fourth-order valence-electron chi connectivity index (χ4n) is 5.41. The molecular formula is C31H36F2N6O2. The summed E-state index contributed by atoms with van der Waals surface area (Å²) in [5.41, 5.74) is 5.13. The van der Waals surface area contributed by atoms with Crippen LogP contribution < -0.4 is 21.3 Å². The van der Waals surface area contributed by atoms with Gasteiger partial charge >= 0.3 is 0 Å². The number of nitrogens with one attached hydrogen (secondary N) is 4. The fourth-order valence-corrected chi connectivity index (χ4v) is 5.41. The third kappa shape index (κ3) is 6.02. The zero-order chi connectivity index (χ0) is 29.1. The monoisotopic (exact) mass is 562 g/mol. The van der Waals surface area contributed by atoms with Crippen LogP contribution in [0.3, 0.4) is 0 Å². The highest BCUT2D eigenvalue weighted by Crippen LogP contribution is 2.36. The fraction of sp³-hybridized carbons (Fsp3) is 0.387. The normalized spacial score (nSPS) is 17.0. The van der Waals surface area contributed by atoms with Gasteiger partial charge in [-0.1, -0.05) is 25.1 Å². The highest BCUT2D eigenvalue weighted by molar-refractivity contribution is 5.99. The summed E-state index contributed by atoms with van der Waals surface area (Å²) in [6, 6.07) is 10.8. The lowest BCUT2D eigenvalue weighted by molar-refractivity contribution is -0.123. The van der Waals surface area contributed by atoms with Crippen LogP contribution in [0.25, 0.3) is 16.6 Å². The zero-order valence-corrected chi connectivity index (χ0v) is 23.6. The molecule has 0 radical (unpaired) electrons. The first-order chi connectivity index (χ1) is 19.7. The van der Waals surface area contributed by atoms with Crippen molar-refractivity contribution in [1.29, 1.82) is 0 Å². The van der Waals surface area contributed by atoms with E-state index in [0.29, 0.717) is 35.3 Å². The third-order valence-corrected chi connectivity index (χ3v) is 7.60. The molecule has 1 aliphatic carbocycles. The van der Waals surface area contributed by atoms with Gasteiger partial charge in [-0.25, -0.2) is 13.8 Å². The minimum absolute atomic E-state index is 0.0708. The van der Waals surface area contributed by atoms with Gasteiger partial charge in [0.2, 0.25) is 5.91 Å². The first kappa shape index (κ1) is 28.5. The van der Waals surface area contributed by atoms with Crippen LogP contribution in [0.2, 0.25) is 0 Å². The first-order valence-corrected chi connectivity index (χ1v) is 14.1. The topological polar surface area (TPSA) is 100 Å². The number of carbonyl (C=O) groups excluding carboxylic acids is 2. The largest absolute Gasteiger partial charge is 0.388 e. The van der Waals surface area contributed by atoms with Crippen molar-refractivity contribution in [2.45, 2.75) is 58.0 Å². The maximum atomic E-state index is 13.7. The molecule has 4 N–H and O–H groups in total. The van der Waals surface area contributed by atoms with E-state index in [1.54, 1.807) is 24.3 Å². The van der Waals surface area contributed by atoms with Crippen molar-refractivity contribution in [2.75, 3.05) is 20.1 Å². The number of hydrogen-bond acceptors (Lipinski definition) is 5. The number of imidazole rings is 1. The summed E-state index contributed by atoms with van der Waals surface area (Å²) in [7, 11) is 1.93. The Bertz CT molecular complexity index is 1540. The molecule has 8 nitrogen and oxygen atoms in total. The molecule has 1 atom stereocenters. The molecule has 2 aromatic carbocycles. The van der Waals surface area contributed by atoms with Gasteiger partial charge in [0.1, 0.15) is 11.9 Å². The molecule has 0 saturated heterocycles. The van der Waals surface area contributed by atoms with E-state index < -0.39 is 12.0 Å².